The lowest BCUT2D eigenvalue weighted by atomic mass is 9.95. The van der Waals surface area contributed by atoms with Crippen LogP contribution in [0.15, 0.2) is 18.2 Å². The van der Waals surface area contributed by atoms with E-state index < -0.39 is 0 Å². The zero-order valence-corrected chi connectivity index (χ0v) is 10.8. The lowest BCUT2D eigenvalue weighted by Crippen LogP contribution is -2.38. The Morgan fingerprint density at radius 1 is 1.42 bits per heavy atom. The number of anilines is 1. The fourth-order valence-corrected chi connectivity index (χ4v) is 2.45. The molecule has 1 aromatic carbocycles. The van der Waals surface area contributed by atoms with E-state index in [0.717, 1.165) is 5.56 Å². The van der Waals surface area contributed by atoms with E-state index in [0.29, 0.717) is 31.6 Å². The molecule has 1 heterocycles. The average Bonchev–Trinajstić information content (AvgIpc) is 2.38. The minimum absolute atomic E-state index is 0.110. The summed E-state index contributed by atoms with van der Waals surface area (Å²) in [6.07, 6.45) is 1.31. The Bertz CT molecular complexity index is 508. The number of amides is 1. The van der Waals surface area contributed by atoms with Crippen LogP contribution in [-0.4, -0.2) is 23.9 Å². The molecule has 102 valence electrons. The molecule has 19 heavy (non-hydrogen) atoms. The van der Waals surface area contributed by atoms with Crippen molar-refractivity contribution in [1.82, 2.24) is 0 Å². The smallest absolute Gasteiger partial charge is 0.292 e. The van der Waals surface area contributed by atoms with Gasteiger partial charge in [-0.1, -0.05) is 6.07 Å². The SMILES string of the molecule is Cc1ccc(N2CCC(C(N)=O)CC2)c([N+](=O)[O-])c1. The van der Waals surface area contributed by atoms with Gasteiger partial charge in [0.15, 0.2) is 0 Å². The second-order valence-electron chi connectivity index (χ2n) is 4.91. The molecule has 1 saturated heterocycles. The fraction of sp³-hybridized carbons (Fsp3) is 0.462. The van der Waals surface area contributed by atoms with E-state index >= 15 is 0 Å². The molecule has 0 aromatic heterocycles. The van der Waals surface area contributed by atoms with Crippen LogP contribution in [0.2, 0.25) is 0 Å². The summed E-state index contributed by atoms with van der Waals surface area (Å²) >= 11 is 0. The molecule has 1 aliphatic rings. The van der Waals surface area contributed by atoms with Gasteiger partial charge in [0.05, 0.1) is 4.92 Å². The molecule has 1 aromatic rings. The third-order valence-corrected chi connectivity index (χ3v) is 3.57. The number of nitrogens with zero attached hydrogens (tertiary/aromatic N) is 2. The van der Waals surface area contributed by atoms with E-state index in [1.54, 1.807) is 12.1 Å². The van der Waals surface area contributed by atoms with E-state index in [-0.39, 0.29) is 22.4 Å². The van der Waals surface area contributed by atoms with Crippen molar-refractivity contribution in [2.24, 2.45) is 11.7 Å². The lowest BCUT2D eigenvalue weighted by molar-refractivity contribution is -0.384. The van der Waals surface area contributed by atoms with Gasteiger partial charge in [0, 0.05) is 25.1 Å². The number of nitro groups is 1. The van der Waals surface area contributed by atoms with Gasteiger partial charge >= 0.3 is 0 Å². The van der Waals surface area contributed by atoms with Crippen molar-refractivity contribution in [1.29, 1.82) is 0 Å². The Morgan fingerprint density at radius 3 is 2.58 bits per heavy atom. The summed E-state index contributed by atoms with van der Waals surface area (Å²) in [4.78, 5) is 23.8. The predicted molar refractivity (Wildman–Crippen MR) is 72.0 cm³/mol. The zero-order valence-electron chi connectivity index (χ0n) is 10.8. The highest BCUT2D eigenvalue weighted by Gasteiger charge is 2.26. The molecule has 1 fully saturated rings. The van der Waals surface area contributed by atoms with E-state index in [1.807, 2.05) is 17.9 Å². The maximum atomic E-state index is 11.1. The maximum Gasteiger partial charge on any atom is 0.292 e. The molecular weight excluding hydrogens is 246 g/mol. The first kappa shape index (κ1) is 13.3. The van der Waals surface area contributed by atoms with Crippen molar-refractivity contribution in [2.45, 2.75) is 19.8 Å². The number of piperidine rings is 1. The lowest BCUT2D eigenvalue weighted by Gasteiger charge is -2.32. The van der Waals surface area contributed by atoms with Crippen LogP contribution < -0.4 is 10.6 Å². The molecule has 6 heteroatoms. The second-order valence-corrected chi connectivity index (χ2v) is 4.91. The number of nitrogens with two attached hydrogens (primary N) is 1. The van der Waals surface area contributed by atoms with Crippen LogP contribution in [0.1, 0.15) is 18.4 Å². The first-order valence-corrected chi connectivity index (χ1v) is 6.28. The van der Waals surface area contributed by atoms with Gasteiger partial charge < -0.3 is 10.6 Å². The third kappa shape index (κ3) is 2.83. The molecule has 1 amide bonds. The Hall–Kier alpha value is -2.11. The number of hydrogen-bond acceptors (Lipinski definition) is 4. The topological polar surface area (TPSA) is 89.5 Å². The molecule has 0 spiro atoms. The van der Waals surface area contributed by atoms with Gasteiger partial charge in [0.25, 0.3) is 5.69 Å². The fourth-order valence-electron chi connectivity index (χ4n) is 2.45. The standard InChI is InChI=1S/C13H17N3O3/c1-9-2-3-11(12(8-9)16(18)19)15-6-4-10(5-7-15)13(14)17/h2-3,8,10H,4-7H2,1H3,(H2,14,17). The first-order chi connectivity index (χ1) is 8.99. The van der Waals surface area contributed by atoms with Crippen LogP contribution in [-0.2, 0) is 4.79 Å². The molecule has 0 unspecified atom stereocenters. The predicted octanol–water partition coefficient (Wildman–Crippen LogP) is 1.60. The van der Waals surface area contributed by atoms with Crippen LogP contribution in [0.3, 0.4) is 0 Å². The molecule has 0 bridgehead atoms. The number of carbonyl (C=O) groups is 1. The van der Waals surface area contributed by atoms with Gasteiger partial charge in [-0.25, -0.2) is 0 Å². The van der Waals surface area contributed by atoms with E-state index in [4.69, 9.17) is 5.73 Å². The number of rotatable bonds is 3. The van der Waals surface area contributed by atoms with Crippen LogP contribution in [0.5, 0.6) is 0 Å². The Kier molecular flexibility index (Phi) is 3.69. The summed E-state index contributed by atoms with van der Waals surface area (Å²) in [5.74, 6) is -0.390. The Balaban J connectivity index is 2.20. The van der Waals surface area contributed by atoms with Crippen molar-refractivity contribution in [3.8, 4) is 0 Å². The first-order valence-electron chi connectivity index (χ1n) is 6.28. The van der Waals surface area contributed by atoms with Crippen LogP contribution in [0.25, 0.3) is 0 Å². The molecule has 2 rings (SSSR count). The van der Waals surface area contributed by atoms with Gasteiger partial charge in [-0.2, -0.15) is 0 Å². The maximum absolute atomic E-state index is 11.1. The summed E-state index contributed by atoms with van der Waals surface area (Å²) < 4.78 is 0. The monoisotopic (exact) mass is 263 g/mol. The van der Waals surface area contributed by atoms with Crippen LogP contribution in [0, 0.1) is 23.0 Å². The number of carbonyl (C=O) groups excluding carboxylic acids is 1. The van der Waals surface area contributed by atoms with Crippen molar-refractivity contribution in [2.75, 3.05) is 18.0 Å². The van der Waals surface area contributed by atoms with Crippen LogP contribution in [0.4, 0.5) is 11.4 Å². The van der Waals surface area contributed by atoms with E-state index in [9.17, 15) is 14.9 Å². The van der Waals surface area contributed by atoms with Crippen molar-refractivity contribution in [3.63, 3.8) is 0 Å². The van der Waals surface area contributed by atoms with Crippen molar-refractivity contribution >= 4 is 17.3 Å². The second kappa shape index (κ2) is 5.26. The summed E-state index contributed by atoms with van der Waals surface area (Å²) in [5, 5.41) is 11.1. The van der Waals surface area contributed by atoms with Gasteiger partial charge in [0.2, 0.25) is 5.91 Å². The highest BCUT2D eigenvalue weighted by atomic mass is 16.6. The van der Waals surface area contributed by atoms with Crippen molar-refractivity contribution < 1.29 is 9.72 Å². The highest BCUT2D eigenvalue weighted by molar-refractivity contribution is 5.77. The summed E-state index contributed by atoms with van der Waals surface area (Å²) in [6, 6.07) is 5.22. The number of primary amides is 1. The summed E-state index contributed by atoms with van der Waals surface area (Å²) in [5.41, 5.74) is 6.89. The zero-order chi connectivity index (χ0) is 14.0. The van der Waals surface area contributed by atoms with Crippen molar-refractivity contribution in [3.05, 3.63) is 33.9 Å². The van der Waals surface area contributed by atoms with Gasteiger partial charge in [-0.15, -0.1) is 0 Å². The normalized spacial score (nSPS) is 16.4. The average molecular weight is 263 g/mol. The van der Waals surface area contributed by atoms with E-state index in [2.05, 4.69) is 0 Å². The minimum atomic E-state index is -0.359. The molecule has 0 atom stereocenters. The minimum Gasteiger partial charge on any atom is -0.369 e. The molecule has 6 nitrogen and oxygen atoms in total. The Morgan fingerprint density at radius 2 is 2.05 bits per heavy atom. The molecule has 1 aliphatic heterocycles. The molecule has 0 saturated carbocycles. The number of hydrogen-bond donors (Lipinski definition) is 1. The quantitative estimate of drug-likeness (QED) is 0.662. The summed E-state index contributed by atoms with van der Waals surface area (Å²) in [6.45, 7) is 3.07. The number of aryl methyl sites for hydroxylation is 1. The molecule has 0 radical (unpaired) electrons. The van der Waals surface area contributed by atoms with Gasteiger partial charge in [-0.05, 0) is 31.4 Å². The Labute approximate surface area is 111 Å². The largest absolute Gasteiger partial charge is 0.369 e. The molecular formula is C13H17N3O3. The number of benzene rings is 1. The molecule has 0 aliphatic carbocycles. The van der Waals surface area contributed by atoms with Crippen LogP contribution >= 0.6 is 0 Å². The van der Waals surface area contributed by atoms with Gasteiger partial charge in [-0.3, -0.25) is 14.9 Å². The summed E-state index contributed by atoms with van der Waals surface area (Å²) in [7, 11) is 0. The van der Waals surface area contributed by atoms with E-state index in [1.165, 1.54) is 0 Å². The third-order valence-electron chi connectivity index (χ3n) is 3.57. The molecule has 2 N–H and O–H groups in total. The highest BCUT2D eigenvalue weighted by Crippen LogP contribution is 2.32. The number of nitro benzene ring substituents is 1. The van der Waals surface area contributed by atoms with Gasteiger partial charge in [0.1, 0.15) is 5.69 Å².